The molecule has 0 atom stereocenters. The molecule has 0 spiro atoms. The lowest BCUT2D eigenvalue weighted by Crippen LogP contribution is -2.36. The van der Waals surface area contributed by atoms with E-state index in [1.165, 1.54) is 50.3 Å². The van der Waals surface area contributed by atoms with Gasteiger partial charge in [-0.05, 0) is 56.3 Å². The van der Waals surface area contributed by atoms with Crippen LogP contribution in [0, 0.1) is 5.92 Å². The first-order valence-electron chi connectivity index (χ1n) is 6.84. The Morgan fingerprint density at radius 1 is 1.41 bits per heavy atom. The summed E-state index contributed by atoms with van der Waals surface area (Å²) in [5.74, 6) is 0.905. The van der Waals surface area contributed by atoms with Gasteiger partial charge in [0.2, 0.25) is 0 Å². The second-order valence-corrected chi connectivity index (χ2v) is 6.04. The van der Waals surface area contributed by atoms with Gasteiger partial charge in [-0.25, -0.2) is 0 Å². The first-order valence-corrected chi connectivity index (χ1v) is 7.72. The van der Waals surface area contributed by atoms with E-state index in [0.717, 1.165) is 12.5 Å². The molecule has 1 N–H and O–H groups in total. The molecule has 2 rings (SSSR count). The van der Waals surface area contributed by atoms with E-state index in [-0.39, 0.29) is 0 Å². The largest absolute Gasteiger partial charge is 0.317 e. The van der Waals surface area contributed by atoms with Gasteiger partial charge in [0.1, 0.15) is 0 Å². The van der Waals surface area contributed by atoms with Crippen molar-refractivity contribution >= 4 is 11.3 Å². The Hall–Kier alpha value is -0.380. The molecular formula is C14H24N2S. The zero-order valence-electron chi connectivity index (χ0n) is 10.8. The molecule has 1 saturated heterocycles. The van der Waals surface area contributed by atoms with Gasteiger partial charge in [-0.2, -0.15) is 0 Å². The standard InChI is InChI=1S/C14H24N2S/c1-2-9-16(12-14-4-3-10-17-14)11-13-5-7-15-8-6-13/h3-4,10,13,15H,2,5-9,11-12H2,1H3. The minimum atomic E-state index is 0.905. The van der Waals surface area contributed by atoms with Crippen LogP contribution in [0.25, 0.3) is 0 Å². The van der Waals surface area contributed by atoms with Crippen molar-refractivity contribution in [2.24, 2.45) is 5.92 Å². The molecule has 1 aliphatic rings. The number of thiophene rings is 1. The Morgan fingerprint density at radius 2 is 2.24 bits per heavy atom. The maximum atomic E-state index is 3.45. The van der Waals surface area contributed by atoms with Gasteiger partial charge in [0, 0.05) is 18.0 Å². The van der Waals surface area contributed by atoms with Crippen LogP contribution in [0.15, 0.2) is 17.5 Å². The van der Waals surface area contributed by atoms with E-state index in [1.54, 1.807) is 0 Å². The Labute approximate surface area is 109 Å². The second-order valence-electron chi connectivity index (χ2n) is 5.01. The third-order valence-corrected chi connectivity index (χ3v) is 4.34. The van der Waals surface area contributed by atoms with E-state index in [9.17, 15) is 0 Å². The highest BCUT2D eigenvalue weighted by molar-refractivity contribution is 7.09. The second kappa shape index (κ2) is 7.14. The topological polar surface area (TPSA) is 15.3 Å². The highest BCUT2D eigenvalue weighted by Gasteiger charge is 2.16. The lowest BCUT2D eigenvalue weighted by Gasteiger charge is -2.29. The fourth-order valence-electron chi connectivity index (χ4n) is 2.60. The molecule has 0 bridgehead atoms. The van der Waals surface area contributed by atoms with Crippen molar-refractivity contribution < 1.29 is 0 Å². The minimum Gasteiger partial charge on any atom is -0.317 e. The molecule has 2 heterocycles. The van der Waals surface area contributed by atoms with Crippen LogP contribution in [0.1, 0.15) is 31.1 Å². The summed E-state index contributed by atoms with van der Waals surface area (Å²) in [6, 6.07) is 4.42. The Morgan fingerprint density at radius 3 is 2.88 bits per heavy atom. The van der Waals surface area contributed by atoms with Crippen LogP contribution in [0.2, 0.25) is 0 Å². The summed E-state index contributed by atoms with van der Waals surface area (Å²) in [5.41, 5.74) is 0. The molecule has 0 aromatic carbocycles. The quantitative estimate of drug-likeness (QED) is 0.837. The van der Waals surface area contributed by atoms with E-state index in [0.29, 0.717) is 0 Å². The molecule has 0 amide bonds. The summed E-state index contributed by atoms with van der Waals surface area (Å²) in [6.07, 6.45) is 3.96. The van der Waals surface area contributed by atoms with Gasteiger partial charge in [-0.1, -0.05) is 13.0 Å². The summed E-state index contributed by atoms with van der Waals surface area (Å²) in [7, 11) is 0. The Kier molecular flexibility index (Phi) is 5.49. The van der Waals surface area contributed by atoms with Crippen LogP contribution in [0.4, 0.5) is 0 Å². The zero-order chi connectivity index (χ0) is 11.9. The van der Waals surface area contributed by atoms with Gasteiger partial charge >= 0.3 is 0 Å². The molecule has 1 fully saturated rings. The van der Waals surface area contributed by atoms with Crippen LogP contribution in [-0.4, -0.2) is 31.1 Å². The molecule has 1 aromatic heterocycles. The third-order valence-electron chi connectivity index (χ3n) is 3.47. The van der Waals surface area contributed by atoms with Gasteiger partial charge < -0.3 is 5.32 Å². The SMILES string of the molecule is CCCN(Cc1cccs1)CC1CCNCC1. The van der Waals surface area contributed by atoms with E-state index in [2.05, 4.69) is 34.7 Å². The van der Waals surface area contributed by atoms with E-state index in [4.69, 9.17) is 0 Å². The van der Waals surface area contributed by atoms with Crippen molar-refractivity contribution in [1.29, 1.82) is 0 Å². The molecule has 96 valence electrons. The van der Waals surface area contributed by atoms with E-state index < -0.39 is 0 Å². The van der Waals surface area contributed by atoms with Crippen LogP contribution in [-0.2, 0) is 6.54 Å². The summed E-state index contributed by atoms with van der Waals surface area (Å²) in [6.45, 7) is 8.38. The number of nitrogens with zero attached hydrogens (tertiary/aromatic N) is 1. The predicted octanol–water partition coefficient (Wildman–Crippen LogP) is 2.96. The molecule has 1 aromatic rings. The van der Waals surface area contributed by atoms with Gasteiger partial charge in [-0.3, -0.25) is 4.90 Å². The van der Waals surface area contributed by atoms with Crippen LogP contribution in [0.5, 0.6) is 0 Å². The Bertz CT molecular complexity index is 291. The average Bonchev–Trinajstić information content (AvgIpc) is 2.83. The van der Waals surface area contributed by atoms with Gasteiger partial charge in [0.15, 0.2) is 0 Å². The normalized spacial score (nSPS) is 17.8. The maximum absolute atomic E-state index is 3.45. The predicted molar refractivity (Wildman–Crippen MR) is 75.5 cm³/mol. The number of hydrogen-bond donors (Lipinski definition) is 1. The summed E-state index contributed by atoms with van der Waals surface area (Å²) in [5, 5.41) is 5.63. The number of rotatable bonds is 6. The summed E-state index contributed by atoms with van der Waals surface area (Å²) >= 11 is 1.89. The van der Waals surface area contributed by atoms with Crippen LogP contribution < -0.4 is 5.32 Å². The van der Waals surface area contributed by atoms with Crippen LogP contribution in [0.3, 0.4) is 0 Å². The first-order chi connectivity index (χ1) is 8.38. The molecule has 17 heavy (non-hydrogen) atoms. The lowest BCUT2D eigenvalue weighted by atomic mass is 9.97. The van der Waals surface area contributed by atoms with Crippen molar-refractivity contribution in [2.75, 3.05) is 26.2 Å². The van der Waals surface area contributed by atoms with Gasteiger partial charge in [0.05, 0.1) is 0 Å². The van der Waals surface area contributed by atoms with Crippen molar-refractivity contribution in [3.63, 3.8) is 0 Å². The zero-order valence-corrected chi connectivity index (χ0v) is 11.6. The fourth-order valence-corrected chi connectivity index (χ4v) is 3.35. The highest BCUT2D eigenvalue weighted by atomic mass is 32.1. The Balaban J connectivity index is 1.83. The average molecular weight is 252 g/mol. The molecular weight excluding hydrogens is 228 g/mol. The van der Waals surface area contributed by atoms with Crippen molar-refractivity contribution in [3.8, 4) is 0 Å². The molecule has 0 saturated carbocycles. The van der Waals surface area contributed by atoms with Gasteiger partial charge in [0.25, 0.3) is 0 Å². The fraction of sp³-hybridized carbons (Fsp3) is 0.714. The van der Waals surface area contributed by atoms with Gasteiger partial charge in [-0.15, -0.1) is 11.3 Å². The van der Waals surface area contributed by atoms with Crippen molar-refractivity contribution in [1.82, 2.24) is 10.2 Å². The lowest BCUT2D eigenvalue weighted by molar-refractivity contribution is 0.200. The summed E-state index contributed by atoms with van der Waals surface area (Å²) in [4.78, 5) is 4.15. The first kappa shape index (κ1) is 13.1. The minimum absolute atomic E-state index is 0.905. The highest BCUT2D eigenvalue weighted by Crippen LogP contribution is 2.17. The van der Waals surface area contributed by atoms with E-state index >= 15 is 0 Å². The summed E-state index contributed by atoms with van der Waals surface area (Å²) < 4.78 is 0. The smallest absolute Gasteiger partial charge is 0.0328 e. The third kappa shape index (κ3) is 4.41. The molecule has 0 radical (unpaired) electrons. The van der Waals surface area contributed by atoms with Crippen LogP contribution >= 0.6 is 11.3 Å². The number of piperidine rings is 1. The molecule has 1 aliphatic heterocycles. The van der Waals surface area contributed by atoms with E-state index in [1.807, 2.05) is 11.3 Å². The number of hydrogen-bond acceptors (Lipinski definition) is 3. The number of nitrogens with one attached hydrogen (secondary N) is 1. The van der Waals surface area contributed by atoms with Crippen molar-refractivity contribution in [3.05, 3.63) is 22.4 Å². The monoisotopic (exact) mass is 252 g/mol. The maximum Gasteiger partial charge on any atom is 0.0328 e. The molecule has 2 nitrogen and oxygen atoms in total. The van der Waals surface area contributed by atoms with Crippen molar-refractivity contribution in [2.45, 2.75) is 32.7 Å². The molecule has 0 aliphatic carbocycles. The molecule has 3 heteroatoms. The molecule has 0 unspecified atom stereocenters.